The Hall–Kier alpha value is -2.39. The molecule has 0 saturated carbocycles. The lowest BCUT2D eigenvalue weighted by Crippen LogP contribution is -2.03. The van der Waals surface area contributed by atoms with E-state index < -0.39 is 0 Å². The summed E-state index contributed by atoms with van der Waals surface area (Å²) in [5, 5.41) is 8.96. The second kappa shape index (κ2) is 6.68. The molecule has 0 aliphatic rings. The topological polar surface area (TPSA) is 80.9 Å². The number of rotatable bonds is 5. The van der Waals surface area contributed by atoms with Gasteiger partial charge in [0.15, 0.2) is 0 Å². The number of hydrogen-bond acceptors (Lipinski definition) is 6. The zero-order chi connectivity index (χ0) is 14.4. The average Bonchev–Trinajstić information content (AvgIpc) is 2.45. The molecule has 0 unspecified atom stereocenters. The maximum Gasteiger partial charge on any atom is 0.329 e. The molecule has 20 heavy (non-hydrogen) atoms. The van der Waals surface area contributed by atoms with Gasteiger partial charge in [-0.2, -0.15) is 15.2 Å². The highest BCUT2D eigenvalue weighted by molar-refractivity contribution is 6.28. The summed E-state index contributed by atoms with van der Waals surface area (Å²) in [6.07, 6.45) is 0.816. The number of benzene rings is 1. The predicted octanol–water partition coefficient (Wildman–Crippen LogP) is 2.98. The molecule has 0 fully saturated rings. The number of hydrogen-bond donors (Lipinski definition) is 0. The Bertz CT molecular complexity index is 643. The van der Waals surface area contributed by atoms with Crippen LogP contribution in [0.15, 0.2) is 24.3 Å². The lowest BCUT2D eigenvalue weighted by atomic mass is 10.2. The summed E-state index contributed by atoms with van der Waals surface area (Å²) >= 11 is 5.78. The van der Waals surface area contributed by atoms with E-state index in [1.54, 1.807) is 24.3 Å². The van der Waals surface area contributed by atoms with Crippen LogP contribution in [0.25, 0.3) is 0 Å². The van der Waals surface area contributed by atoms with Crippen molar-refractivity contribution in [2.24, 2.45) is 0 Å². The fraction of sp³-hybridized carbons (Fsp3) is 0.231. The highest BCUT2D eigenvalue weighted by Crippen LogP contribution is 2.23. The van der Waals surface area contributed by atoms with Crippen LogP contribution in [0.4, 0.5) is 0 Å². The largest absolute Gasteiger partial charge is 0.463 e. The Morgan fingerprint density at radius 1 is 1.20 bits per heavy atom. The first-order chi connectivity index (χ1) is 9.72. The fourth-order valence-electron chi connectivity index (χ4n) is 1.36. The molecule has 6 nitrogen and oxygen atoms in total. The quantitative estimate of drug-likeness (QED) is 0.842. The van der Waals surface area contributed by atoms with E-state index in [-0.39, 0.29) is 17.3 Å². The Balaban J connectivity index is 2.25. The summed E-state index contributed by atoms with van der Waals surface area (Å²) in [4.78, 5) is 11.7. The maximum absolute atomic E-state index is 8.99. The molecule has 0 N–H and O–H groups in total. The molecular formula is C13H11ClN4O2. The second-order valence-corrected chi connectivity index (χ2v) is 4.07. The molecule has 1 aromatic carbocycles. The molecule has 0 aliphatic heterocycles. The molecule has 0 atom stereocenters. The van der Waals surface area contributed by atoms with Crippen molar-refractivity contribution >= 4 is 11.6 Å². The van der Waals surface area contributed by atoms with E-state index in [1.165, 1.54) is 0 Å². The minimum Gasteiger partial charge on any atom is -0.463 e. The number of nitriles is 1. The molecule has 2 rings (SSSR count). The van der Waals surface area contributed by atoms with Crippen molar-refractivity contribution in [3.05, 3.63) is 35.1 Å². The minimum absolute atomic E-state index is 0.0150. The third-order valence-electron chi connectivity index (χ3n) is 2.21. The molecule has 1 aromatic heterocycles. The van der Waals surface area contributed by atoms with Crippen LogP contribution >= 0.6 is 11.6 Å². The molecule has 1 heterocycles. The van der Waals surface area contributed by atoms with Crippen LogP contribution < -0.4 is 9.47 Å². The van der Waals surface area contributed by atoms with E-state index in [0.29, 0.717) is 17.9 Å². The van der Waals surface area contributed by atoms with E-state index in [1.807, 2.05) is 13.0 Å². The average molecular weight is 291 g/mol. The van der Waals surface area contributed by atoms with Crippen LogP contribution in [-0.4, -0.2) is 21.6 Å². The van der Waals surface area contributed by atoms with Crippen molar-refractivity contribution in [1.82, 2.24) is 15.0 Å². The van der Waals surface area contributed by atoms with Crippen molar-refractivity contribution in [2.75, 3.05) is 6.61 Å². The van der Waals surface area contributed by atoms with E-state index in [9.17, 15) is 0 Å². The van der Waals surface area contributed by atoms with Gasteiger partial charge in [-0.05, 0) is 30.2 Å². The molecule has 0 spiro atoms. The standard InChI is InChI=1S/C13H11ClN4O2/c1-2-7-19-12-16-11(14)17-13(18-12)20-10-6-4-3-5-9(10)8-15/h3-6H,2,7H2,1H3. The second-order valence-electron chi connectivity index (χ2n) is 3.73. The molecule has 0 aliphatic carbocycles. The van der Waals surface area contributed by atoms with Gasteiger partial charge in [-0.15, -0.1) is 4.98 Å². The first kappa shape index (κ1) is 14.0. The monoisotopic (exact) mass is 290 g/mol. The van der Waals surface area contributed by atoms with Gasteiger partial charge in [-0.1, -0.05) is 19.1 Å². The third-order valence-corrected chi connectivity index (χ3v) is 2.38. The molecule has 2 aromatic rings. The number of para-hydroxylation sites is 1. The van der Waals surface area contributed by atoms with Gasteiger partial charge in [0.2, 0.25) is 5.28 Å². The van der Waals surface area contributed by atoms with Gasteiger partial charge in [-0.3, -0.25) is 0 Å². The van der Waals surface area contributed by atoms with Gasteiger partial charge in [0, 0.05) is 0 Å². The third kappa shape index (κ3) is 3.56. The van der Waals surface area contributed by atoms with Gasteiger partial charge >= 0.3 is 12.0 Å². The normalized spacial score (nSPS) is 9.85. The Morgan fingerprint density at radius 2 is 1.95 bits per heavy atom. The van der Waals surface area contributed by atoms with E-state index in [4.69, 9.17) is 26.3 Å². The van der Waals surface area contributed by atoms with Gasteiger partial charge in [0.05, 0.1) is 12.2 Å². The lowest BCUT2D eigenvalue weighted by molar-refractivity contribution is 0.284. The SMILES string of the molecule is CCCOc1nc(Cl)nc(Oc2ccccc2C#N)n1. The van der Waals surface area contributed by atoms with Crippen LogP contribution in [0.1, 0.15) is 18.9 Å². The van der Waals surface area contributed by atoms with Gasteiger partial charge in [0.1, 0.15) is 11.8 Å². The zero-order valence-corrected chi connectivity index (χ0v) is 11.5. The summed E-state index contributed by atoms with van der Waals surface area (Å²) in [6.45, 7) is 2.43. The number of nitrogens with zero attached hydrogens (tertiary/aromatic N) is 4. The highest BCUT2D eigenvalue weighted by Gasteiger charge is 2.10. The molecule has 0 bridgehead atoms. The van der Waals surface area contributed by atoms with Gasteiger partial charge in [0.25, 0.3) is 0 Å². The van der Waals surface area contributed by atoms with Crippen LogP contribution in [0, 0.1) is 11.3 Å². The molecule has 0 saturated heterocycles. The lowest BCUT2D eigenvalue weighted by Gasteiger charge is -2.07. The van der Waals surface area contributed by atoms with E-state index in [2.05, 4.69) is 15.0 Å². The first-order valence-corrected chi connectivity index (χ1v) is 6.32. The van der Waals surface area contributed by atoms with Crippen LogP contribution in [0.3, 0.4) is 0 Å². The maximum atomic E-state index is 8.99. The summed E-state index contributed by atoms with van der Waals surface area (Å²) in [5.74, 6) is 0.346. The van der Waals surface area contributed by atoms with Crippen molar-refractivity contribution in [2.45, 2.75) is 13.3 Å². The summed E-state index contributed by atoms with van der Waals surface area (Å²) in [6, 6.07) is 8.85. The summed E-state index contributed by atoms with van der Waals surface area (Å²) in [7, 11) is 0. The Kier molecular flexibility index (Phi) is 4.69. The molecule has 102 valence electrons. The Labute approximate surface area is 121 Å². The summed E-state index contributed by atoms with van der Waals surface area (Å²) < 4.78 is 10.7. The molecule has 0 radical (unpaired) electrons. The van der Waals surface area contributed by atoms with Crippen molar-refractivity contribution < 1.29 is 9.47 Å². The highest BCUT2D eigenvalue weighted by atomic mass is 35.5. The Morgan fingerprint density at radius 3 is 2.70 bits per heavy atom. The predicted molar refractivity (Wildman–Crippen MR) is 71.9 cm³/mol. The molecule has 0 amide bonds. The van der Waals surface area contributed by atoms with Gasteiger partial charge < -0.3 is 9.47 Å². The van der Waals surface area contributed by atoms with E-state index >= 15 is 0 Å². The van der Waals surface area contributed by atoms with Crippen molar-refractivity contribution in [3.63, 3.8) is 0 Å². The van der Waals surface area contributed by atoms with Crippen LogP contribution in [0.2, 0.25) is 5.28 Å². The fourth-order valence-corrected chi connectivity index (χ4v) is 1.51. The zero-order valence-electron chi connectivity index (χ0n) is 10.7. The number of halogens is 1. The smallest absolute Gasteiger partial charge is 0.329 e. The van der Waals surface area contributed by atoms with Crippen LogP contribution in [-0.2, 0) is 0 Å². The van der Waals surface area contributed by atoms with Crippen molar-refractivity contribution in [1.29, 1.82) is 5.26 Å². The first-order valence-electron chi connectivity index (χ1n) is 5.94. The summed E-state index contributed by atoms with van der Waals surface area (Å²) in [5.41, 5.74) is 0.375. The van der Waals surface area contributed by atoms with Crippen LogP contribution in [0.5, 0.6) is 17.8 Å². The molecular weight excluding hydrogens is 280 g/mol. The number of aromatic nitrogens is 3. The molecule has 7 heteroatoms. The number of ether oxygens (including phenoxy) is 2. The van der Waals surface area contributed by atoms with E-state index in [0.717, 1.165) is 6.42 Å². The van der Waals surface area contributed by atoms with Crippen molar-refractivity contribution in [3.8, 4) is 23.8 Å². The van der Waals surface area contributed by atoms with Gasteiger partial charge in [-0.25, -0.2) is 0 Å². The minimum atomic E-state index is -0.0319.